The van der Waals surface area contributed by atoms with E-state index in [-0.39, 0.29) is 5.41 Å². The molecule has 1 N–H and O–H groups in total. The molecule has 0 saturated heterocycles. The summed E-state index contributed by atoms with van der Waals surface area (Å²) in [5, 5.41) is 11.1. The van der Waals surface area contributed by atoms with Gasteiger partial charge in [-0.15, -0.1) is 11.3 Å². The van der Waals surface area contributed by atoms with Gasteiger partial charge in [0, 0.05) is 10.3 Å². The van der Waals surface area contributed by atoms with E-state index in [0.29, 0.717) is 6.42 Å². The molecular weight excluding hydrogens is 208 g/mol. The molecule has 15 heavy (non-hydrogen) atoms. The van der Waals surface area contributed by atoms with E-state index in [1.165, 1.54) is 16.9 Å². The first kappa shape index (κ1) is 10.7. The maximum Gasteiger partial charge on any atom is 0.304 e. The molecule has 2 rings (SSSR count). The first-order valence-corrected chi connectivity index (χ1v) is 6.34. The molecule has 1 aromatic heterocycles. The van der Waals surface area contributed by atoms with Crippen LogP contribution in [0.4, 0.5) is 0 Å². The highest BCUT2D eigenvalue weighted by atomic mass is 32.1. The first-order chi connectivity index (χ1) is 7.18. The normalized spacial score (nSPS) is 18.5. The largest absolute Gasteiger partial charge is 0.481 e. The Morgan fingerprint density at radius 2 is 2.33 bits per heavy atom. The lowest BCUT2D eigenvalue weighted by atomic mass is 9.65. The van der Waals surface area contributed by atoms with Crippen molar-refractivity contribution >= 4 is 17.3 Å². The standard InChI is InChI=1S/C12H16O2S/c1-2-9-4-7-15-11(9)12(5-3-6-12)8-10(13)14/h4,7H,2-3,5-6,8H2,1H3,(H,13,14). The number of hydrogen-bond donors (Lipinski definition) is 1. The minimum absolute atomic E-state index is 0.0225. The van der Waals surface area contributed by atoms with E-state index in [1.807, 2.05) is 0 Å². The summed E-state index contributed by atoms with van der Waals surface area (Å²) in [5.41, 5.74) is 1.33. The molecule has 1 aliphatic carbocycles. The monoisotopic (exact) mass is 224 g/mol. The van der Waals surface area contributed by atoms with E-state index in [4.69, 9.17) is 5.11 Å². The average molecular weight is 224 g/mol. The van der Waals surface area contributed by atoms with Gasteiger partial charge in [-0.25, -0.2) is 0 Å². The zero-order valence-corrected chi connectivity index (χ0v) is 9.77. The molecule has 1 fully saturated rings. The van der Waals surface area contributed by atoms with Crippen molar-refractivity contribution < 1.29 is 9.90 Å². The third-order valence-corrected chi connectivity index (χ3v) is 4.61. The number of thiophene rings is 1. The maximum absolute atomic E-state index is 10.9. The second-order valence-corrected chi connectivity index (χ2v) is 5.25. The summed E-state index contributed by atoms with van der Waals surface area (Å²) >= 11 is 1.74. The van der Waals surface area contributed by atoms with E-state index in [9.17, 15) is 4.79 Å². The van der Waals surface area contributed by atoms with Crippen molar-refractivity contribution in [1.29, 1.82) is 0 Å². The van der Waals surface area contributed by atoms with Crippen molar-refractivity contribution in [3.05, 3.63) is 21.9 Å². The second-order valence-electron chi connectivity index (χ2n) is 4.33. The molecule has 0 atom stereocenters. The molecule has 0 aromatic carbocycles. The predicted molar refractivity (Wildman–Crippen MR) is 61.5 cm³/mol. The molecule has 1 heterocycles. The van der Waals surface area contributed by atoms with Crippen molar-refractivity contribution in [3.8, 4) is 0 Å². The maximum atomic E-state index is 10.9. The van der Waals surface area contributed by atoms with Gasteiger partial charge in [-0.05, 0) is 36.3 Å². The SMILES string of the molecule is CCc1ccsc1C1(CC(=O)O)CCC1. The highest BCUT2D eigenvalue weighted by molar-refractivity contribution is 7.10. The molecule has 3 heteroatoms. The number of carbonyl (C=O) groups is 1. The van der Waals surface area contributed by atoms with Crippen LogP contribution in [0.5, 0.6) is 0 Å². The van der Waals surface area contributed by atoms with Crippen molar-refractivity contribution in [2.75, 3.05) is 0 Å². The summed E-state index contributed by atoms with van der Waals surface area (Å²) in [7, 11) is 0. The van der Waals surface area contributed by atoms with Gasteiger partial charge in [-0.1, -0.05) is 13.3 Å². The molecule has 0 spiro atoms. The van der Waals surface area contributed by atoms with E-state index in [0.717, 1.165) is 19.3 Å². The zero-order valence-electron chi connectivity index (χ0n) is 8.95. The van der Waals surface area contributed by atoms with Crippen LogP contribution in [0.3, 0.4) is 0 Å². The number of carboxylic acids is 1. The summed E-state index contributed by atoms with van der Waals surface area (Å²) in [6, 6.07) is 2.14. The van der Waals surface area contributed by atoms with Crippen LogP contribution in [-0.2, 0) is 16.6 Å². The van der Waals surface area contributed by atoms with Crippen molar-refractivity contribution in [3.63, 3.8) is 0 Å². The van der Waals surface area contributed by atoms with Gasteiger partial charge in [0.2, 0.25) is 0 Å². The van der Waals surface area contributed by atoms with Gasteiger partial charge >= 0.3 is 5.97 Å². The lowest BCUT2D eigenvalue weighted by Gasteiger charge is -2.41. The minimum Gasteiger partial charge on any atom is -0.481 e. The fraction of sp³-hybridized carbons (Fsp3) is 0.583. The fourth-order valence-electron chi connectivity index (χ4n) is 2.46. The molecule has 2 nitrogen and oxygen atoms in total. The topological polar surface area (TPSA) is 37.3 Å². The Morgan fingerprint density at radius 3 is 2.80 bits per heavy atom. The van der Waals surface area contributed by atoms with E-state index < -0.39 is 5.97 Å². The number of carboxylic acid groups (broad SMARTS) is 1. The summed E-state index contributed by atoms with van der Waals surface area (Å²) in [6.07, 6.45) is 4.59. The Kier molecular flexibility index (Phi) is 2.83. The van der Waals surface area contributed by atoms with Crippen LogP contribution < -0.4 is 0 Å². The zero-order chi connectivity index (χ0) is 10.9. The van der Waals surface area contributed by atoms with Crippen LogP contribution in [0.2, 0.25) is 0 Å². The van der Waals surface area contributed by atoms with Crippen LogP contribution in [0, 0.1) is 0 Å². The van der Waals surface area contributed by atoms with Gasteiger partial charge in [0.15, 0.2) is 0 Å². The Hall–Kier alpha value is -0.830. The molecule has 1 aromatic rings. The Morgan fingerprint density at radius 1 is 1.60 bits per heavy atom. The summed E-state index contributed by atoms with van der Waals surface area (Å²) in [6.45, 7) is 2.14. The van der Waals surface area contributed by atoms with Crippen molar-refractivity contribution in [2.45, 2.75) is 44.4 Å². The van der Waals surface area contributed by atoms with Crippen LogP contribution in [0.25, 0.3) is 0 Å². The van der Waals surface area contributed by atoms with Crippen LogP contribution in [-0.4, -0.2) is 11.1 Å². The molecule has 0 aliphatic heterocycles. The third kappa shape index (κ3) is 1.81. The van der Waals surface area contributed by atoms with Crippen LogP contribution in [0.1, 0.15) is 43.0 Å². The summed E-state index contributed by atoms with van der Waals surface area (Å²) in [5.74, 6) is -0.662. The van der Waals surface area contributed by atoms with E-state index in [2.05, 4.69) is 18.4 Å². The molecular formula is C12H16O2S. The van der Waals surface area contributed by atoms with Gasteiger partial charge < -0.3 is 5.11 Å². The third-order valence-electron chi connectivity index (χ3n) is 3.41. The van der Waals surface area contributed by atoms with Gasteiger partial charge in [0.05, 0.1) is 6.42 Å². The van der Waals surface area contributed by atoms with Gasteiger partial charge in [-0.2, -0.15) is 0 Å². The number of aliphatic carboxylic acids is 1. The molecule has 0 radical (unpaired) electrons. The summed E-state index contributed by atoms with van der Waals surface area (Å²) < 4.78 is 0. The van der Waals surface area contributed by atoms with Gasteiger partial charge in [0.1, 0.15) is 0 Å². The quantitative estimate of drug-likeness (QED) is 0.852. The number of rotatable bonds is 4. The van der Waals surface area contributed by atoms with Crippen molar-refractivity contribution in [1.82, 2.24) is 0 Å². The van der Waals surface area contributed by atoms with Gasteiger partial charge in [-0.3, -0.25) is 4.79 Å². The van der Waals surface area contributed by atoms with Crippen LogP contribution in [0.15, 0.2) is 11.4 Å². The highest BCUT2D eigenvalue weighted by Crippen LogP contribution is 2.49. The smallest absolute Gasteiger partial charge is 0.304 e. The van der Waals surface area contributed by atoms with E-state index in [1.54, 1.807) is 11.3 Å². The molecule has 0 amide bonds. The molecule has 82 valence electrons. The van der Waals surface area contributed by atoms with Gasteiger partial charge in [0.25, 0.3) is 0 Å². The lowest BCUT2D eigenvalue weighted by molar-refractivity contribution is -0.139. The Balaban J connectivity index is 2.29. The summed E-state index contributed by atoms with van der Waals surface area (Å²) in [4.78, 5) is 12.2. The van der Waals surface area contributed by atoms with E-state index >= 15 is 0 Å². The Labute approximate surface area is 93.9 Å². The predicted octanol–water partition coefficient (Wildman–Crippen LogP) is 3.21. The average Bonchev–Trinajstić information content (AvgIpc) is 2.58. The molecule has 0 bridgehead atoms. The number of aryl methyl sites for hydroxylation is 1. The lowest BCUT2D eigenvalue weighted by Crippen LogP contribution is -2.36. The minimum atomic E-state index is -0.662. The molecule has 0 unspecified atom stereocenters. The fourth-order valence-corrected chi connectivity index (χ4v) is 3.72. The molecule has 1 saturated carbocycles. The van der Waals surface area contributed by atoms with Crippen molar-refractivity contribution in [2.24, 2.45) is 0 Å². The Bertz CT molecular complexity index is 363. The number of hydrogen-bond acceptors (Lipinski definition) is 2. The van der Waals surface area contributed by atoms with Crippen LogP contribution >= 0.6 is 11.3 Å². The first-order valence-electron chi connectivity index (χ1n) is 5.46. The molecule has 1 aliphatic rings. The second kappa shape index (κ2) is 3.97. The highest BCUT2D eigenvalue weighted by Gasteiger charge is 2.42.